The highest BCUT2D eigenvalue weighted by Crippen LogP contribution is 2.31. The van der Waals surface area contributed by atoms with Crippen molar-refractivity contribution in [3.05, 3.63) is 39.8 Å². The van der Waals surface area contributed by atoms with Crippen LogP contribution in [-0.2, 0) is 4.79 Å². The molecule has 0 aliphatic heterocycles. The molecule has 0 aliphatic rings. The second-order valence-corrected chi connectivity index (χ2v) is 7.01. The molecule has 2 rings (SSSR count). The van der Waals surface area contributed by atoms with Crippen LogP contribution in [0.3, 0.4) is 0 Å². The summed E-state index contributed by atoms with van der Waals surface area (Å²) in [6.07, 6.45) is 1.24. The molecule has 1 unspecified atom stereocenters. The van der Waals surface area contributed by atoms with Crippen molar-refractivity contribution in [2.24, 2.45) is 0 Å². The summed E-state index contributed by atoms with van der Waals surface area (Å²) in [5.74, 6) is -0.143. The summed E-state index contributed by atoms with van der Waals surface area (Å²) < 4.78 is 10.5. The molecule has 2 N–H and O–H groups in total. The molecule has 0 fully saturated rings. The number of amides is 1. The van der Waals surface area contributed by atoms with E-state index in [0.29, 0.717) is 21.9 Å². The lowest BCUT2D eigenvalue weighted by Gasteiger charge is -2.20. The summed E-state index contributed by atoms with van der Waals surface area (Å²) >= 11 is 1.30. The normalized spacial score (nSPS) is 11.9. The van der Waals surface area contributed by atoms with Gasteiger partial charge >= 0.3 is 5.97 Å². The van der Waals surface area contributed by atoms with Crippen molar-refractivity contribution in [3.8, 4) is 11.5 Å². The highest BCUT2D eigenvalue weighted by molar-refractivity contribution is 7.13. The molecule has 1 atom stereocenters. The minimum Gasteiger partial charge on any atom is -0.497 e. The van der Waals surface area contributed by atoms with Crippen LogP contribution in [0.4, 0.5) is 0 Å². The molecule has 1 aromatic heterocycles. The molecule has 140 valence electrons. The van der Waals surface area contributed by atoms with Crippen LogP contribution >= 0.6 is 11.3 Å². The second-order valence-electron chi connectivity index (χ2n) is 5.95. The van der Waals surface area contributed by atoms with Crippen molar-refractivity contribution >= 4 is 23.2 Å². The van der Waals surface area contributed by atoms with E-state index in [-0.39, 0.29) is 18.2 Å². The third-order valence-electron chi connectivity index (χ3n) is 3.74. The van der Waals surface area contributed by atoms with E-state index in [1.807, 2.05) is 13.8 Å². The topological polar surface area (TPSA) is 97.8 Å². The SMILES string of the molecule is COc1ccc(C(CC(=O)O)NC(=O)c2cnc(C(C)C)s2)c(OC)c1. The molecule has 7 nitrogen and oxygen atoms in total. The molecule has 8 heteroatoms. The summed E-state index contributed by atoms with van der Waals surface area (Å²) in [6.45, 7) is 3.99. The zero-order chi connectivity index (χ0) is 19.3. The van der Waals surface area contributed by atoms with Gasteiger partial charge in [0.1, 0.15) is 16.4 Å². The van der Waals surface area contributed by atoms with E-state index in [0.717, 1.165) is 5.01 Å². The van der Waals surface area contributed by atoms with Gasteiger partial charge in [-0.1, -0.05) is 13.8 Å². The van der Waals surface area contributed by atoms with E-state index in [2.05, 4.69) is 10.3 Å². The van der Waals surface area contributed by atoms with E-state index in [4.69, 9.17) is 9.47 Å². The first-order valence-corrected chi connectivity index (χ1v) is 8.87. The number of carboxylic acid groups (broad SMARTS) is 1. The highest BCUT2D eigenvalue weighted by Gasteiger charge is 2.23. The van der Waals surface area contributed by atoms with Crippen molar-refractivity contribution < 1.29 is 24.2 Å². The van der Waals surface area contributed by atoms with Gasteiger partial charge in [0, 0.05) is 17.5 Å². The monoisotopic (exact) mass is 378 g/mol. The van der Waals surface area contributed by atoms with Crippen molar-refractivity contribution in [1.82, 2.24) is 10.3 Å². The summed E-state index contributed by atoms with van der Waals surface area (Å²) in [5.41, 5.74) is 0.567. The zero-order valence-electron chi connectivity index (χ0n) is 15.1. The van der Waals surface area contributed by atoms with Crippen LogP contribution in [0.25, 0.3) is 0 Å². The van der Waals surface area contributed by atoms with Gasteiger partial charge in [0.05, 0.1) is 37.9 Å². The first kappa shape index (κ1) is 19.7. The van der Waals surface area contributed by atoms with Crippen LogP contribution in [-0.4, -0.2) is 36.2 Å². The number of hydrogen-bond donors (Lipinski definition) is 2. The maximum atomic E-state index is 12.6. The standard InChI is InChI=1S/C18H22N2O5S/c1-10(2)18-19-9-15(26-18)17(23)20-13(8-16(21)22)12-6-5-11(24-3)7-14(12)25-4/h5-7,9-10,13H,8H2,1-4H3,(H,20,23)(H,21,22). The van der Waals surface area contributed by atoms with Gasteiger partial charge in [0.2, 0.25) is 0 Å². The zero-order valence-corrected chi connectivity index (χ0v) is 15.9. The third kappa shape index (κ3) is 4.72. The number of rotatable bonds is 8. The maximum absolute atomic E-state index is 12.6. The Hall–Kier alpha value is -2.61. The Kier molecular flexibility index (Phi) is 6.57. The number of aliphatic carboxylic acids is 1. The third-order valence-corrected chi connectivity index (χ3v) is 5.04. The van der Waals surface area contributed by atoms with Crippen LogP contribution in [0.15, 0.2) is 24.4 Å². The molecule has 2 aromatic rings. The van der Waals surface area contributed by atoms with Gasteiger partial charge in [-0.05, 0) is 12.1 Å². The lowest BCUT2D eigenvalue weighted by molar-refractivity contribution is -0.137. The number of methoxy groups -OCH3 is 2. The minimum absolute atomic E-state index is 0.220. The lowest BCUT2D eigenvalue weighted by atomic mass is 10.0. The van der Waals surface area contributed by atoms with Crippen molar-refractivity contribution in [1.29, 1.82) is 0 Å². The molecule has 1 aromatic carbocycles. The number of ether oxygens (including phenoxy) is 2. The lowest BCUT2D eigenvalue weighted by Crippen LogP contribution is -2.30. The predicted molar refractivity (Wildman–Crippen MR) is 98.2 cm³/mol. The van der Waals surface area contributed by atoms with Gasteiger partial charge in [-0.25, -0.2) is 4.98 Å². The van der Waals surface area contributed by atoms with E-state index < -0.39 is 12.0 Å². The number of carbonyl (C=O) groups excluding carboxylic acids is 1. The Morgan fingerprint density at radius 1 is 1.27 bits per heavy atom. The Morgan fingerprint density at radius 3 is 2.54 bits per heavy atom. The van der Waals surface area contributed by atoms with Crippen molar-refractivity contribution in [2.45, 2.75) is 32.2 Å². The Morgan fingerprint density at radius 2 is 2.00 bits per heavy atom. The number of carbonyl (C=O) groups is 2. The van der Waals surface area contributed by atoms with E-state index in [1.165, 1.54) is 31.8 Å². The smallest absolute Gasteiger partial charge is 0.305 e. The van der Waals surface area contributed by atoms with Crippen LogP contribution in [0, 0.1) is 0 Å². The fraction of sp³-hybridized carbons (Fsp3) is 0.389. The van der Waals surface area contributed by atoms with Crippen LogP contribution in [0.1, 0.15) is 52.5 Å². The molecule has 0 saturated heterocycles. The van der Waals surface area contributed by atoms with Gasteiger partial charge in [0.25, 0.3) is 5.91 Å². The molecular weight excluding hydrogens is 356 g/mol. The van der Waals surface area contributed by atoms with Crippen LogP contribution < -0.4 is 14.8 Å². The molecule has 0 radical (unpaired) electrons. The predicted octanol–water partition coefficient (Wildman–Crippen LogP) is 3.23. The Bertz CT molecular complexity index is 788. The number of nitrogens with one attached hydrogen (secondary N) is 1. The molecule has 0 saturated carbocycles. The molecular formula is C18H22N2O5S. The van der Waals surface area contributed by atoms with Crippen LogP contribution in [0.2, 0.25) is 0 Å². The van der Waals surface area contributed by atoms with Gasteiger partial charge in [-0.15, -0.1) is 11.3 Å². The summed E-state index contributed by atoms with van der Waals surface area (Å²) in [7, 11) is 3.01. The number of nitrogens with zero attached hydrogens (tertiary/aromatic N) is 1. The van der Waals surface area contributed by atoms with E-state index in [9.17, 15) is 14.7 Å². The van der Waals surface area contributed by atoms with E-state index in [1.54, 1.807) is 18.2 Å². The number of carboxylic acids is 1. The van der Waals surface area contributed by atoms with Gasteiger partial charge < -0.3 is 19.9 Å². The molecule has 0 aliphatic carbocycles. The Balaban J connectivity index is 2.29. The fourth-order valence-electron chi connectivity index (χ4n) is 2.41. The van der Waals surface area contributed by atoms with E-state index >= 15 is 0 Å². The minimum atomic E-state index is -1.03. The molecule has 0 bridgehead atoms. The second kappa shape index (κ2) is 8.66. The largest absolute Gasteiger partial charge is 0.497 e. The van der Waals surface area contributed by atoms with Crippen LogP contribution in [0.5, 0.6) is 11.5 Å². The van der Waals surface area contributed by atoms with Gasteiger partial charge in [-0.2, -0.15) is 0 Å². The summed E-state index contributed by atoms with van der Waals surface area (Å²) in [4.78, 5) is 28.5. The molecule has 0 spiro atoms. The molecule has 1 heterocycles. The average Bonchev–Trinajstić information content (AvgIpc) is 3.10. The highest BCUT2D eigenvalue weighted by atomic mass is 32.1. The average molecular weight is 378 g/mol. The summed E-state index contributed by atoms with van der Waals surface area (Å²) in [6, 6.07) is 4.30. The fourth-order valence-corrected chi connectivity index (χ4v) is 3.23. The van der Waals surface area contributed by atoms with Crippen molar-refractivity contribution in [2.75, 3.05) is 14.2 Å². The first-order chi connectivity index (χ1) is 12.3. The maximum Gasteiger partial charge on any atom is 0.305 e. The molecule has 26 heavy (non-hydrogen) atoms. The Labute approximate surface area is 156 Å². The number of benzene rings is 1. The number of thiazole rings is 1. The first-order valence-electron chi connectivity index (χ1n) is 8.06. The number of aromatic nitrogens is 1. The van der Waals surface area contributed by atoms with Gasteiger partial charge in [-0.3, -0.25) is 9.59 Å². The van der Waals surface area contributed by atoms with Crippen molar-refractivity contribution in [3.63, 3.8) is 0 Å². The molecule has 1 amide bonds. The number of hydrogen-bond acceptors (Lipinski definition) is 6. The summed E-state index contributed by atoms with van der Waals surface area (Å²) in [5, 5.41) is 12.9. The quantitative estimate of drug-likeness (QED) is 0.732. The van der Waals surface area contributed by atoms with Gasteiger partial charge in [0.15, 0.2) is 0 Å².